The van der Waals surface area contributed by atoms with Gasteiger partial charge in [0.15, 0.2) is 0 Å². The monoisotopic (exact) mass is 417 g/mol. The third-order valence-electron chi connectivity index (χ3n) is 5.39. The summed E-state index contributed by atoms with van der Waals surface area (Å²) in [5.74, 6) is 0.136. The normalized spacial score (nSPS) is 18.2. The highest BCUT2D eigenvalue weighted by Gasteiger charge is 2.41. The fraction of sp³-hybridized carbons (Fsp3) is 0.545. The summed E-state index contributed by atoms with van der Waals surface area (Å²) in [6.45, 7) is 7.83. The van der Waals surface area contributed by atoms with Crippen LogP contribution in [0.2, 0.25) is 0 Å². The molecule has 0 atom stereocenters. The van der Waals surface area contributed by atoms with E-state index in [1.54, 1.807) is 19.2 Å². The molecule has 0 saturated carbocycles. The maximum atomic E-state index is 13.3. The number of piperazine rings is 1. The predicted molar refractivity (Wildman–Crippen MR) is 113 cm³/mol. The maximum absolute atomic E-state index is 13.3. The van der Waals surface area contributed by atoms with Gasteiger partial charge in [-0.1, -0.05) is 12.1 Å². The van der Waals surface area contributed by atoms with E-state index in [1.807, 2.05) is 30.9 Å². The fourth-order valence-electron chi connectivity index (χ4n) is 3.79. The van der Waals surface area contributed by atoms with Crippen LogP contribution in [0.3, 0.4) is 0 Å². The van der Waals surface area contributed by atoms with Gasteiger partial charge in [-0.2, -0.15) is 0 Å². The van der Waals surface area contributed by atoms with Crippen LogP contribution in [-0.4, -0.2) is 97.3 Å². The van der Waals surface area contributed by atoms with Crippen LogP contribution in [0.15, 0.2) is 30.0 Å². The topological polar surface area (TPSA) is 82.6 Å². The molecule has 1 aromatic carbocycles. The molecule has 0 aliphatic carbocycles. The van der Waals surface area contributed by atoms with Gasteiger partial charge in [0.05, 0.1) is 38.5 Å². The average Bonchev–Trinajstić information content (AvgIpc) is 2.99. The Labute approximate surface area is 177 Å². The summed E-state index contributed by atoms with van der Waals surface area (Å²) in [6.07, 6.45) is 0.0332. The van der Waals surface area contributed by atoms with Gasteiger partial charge in [-0.15, -0.1) is 0 Å². The van der Waals surface area contributed by atoms with Crippen molar-refractivity contribution in [1.82, 2.24) is 14.7 Å². The summed E-state index contributed by atoms with van der Waals surface area (Å²) >= 11 is 0. The molecule has 1 N–H and O–H groups in total. The van der Waals surface area contributed by atoms with E-state index in [1.165, 1.54) is 4.90 Å². The van der Waals surface area contributed by atoms with E-state index in [-0.39, 0.29) is 31.1 Å². The van der Waals surface area contributed by atoms with Crippen LogP contribution in [0.5, 0.6) is 5.75 Å². The molecule has 0 spiro atoms. The van der Waals surface area contributed by atoms with Crippen LogP contribution in [0, 0.1) is 0 Å². The van der Waals surface area contributed by atoms with E-state index in [9.17, 15) is 14.7 Å². The van der Waals surface area contributed by atoms with E-state index in [0.29, 0.717) is 48.8 Å². The molecular formula is C22H31N3O5. The van der Waals surface area contributed by atoms with Gasteiger partial charge in [-0.3, -0.25) is 19.4 Å². The molecule has 1 fully saturated rings. The Bertz CT molecular complexity index is 782. The van der Waals surface area contributed by atoms with Crippen molar-refractivity contribution in [3.8, 4) is 5.75 Å². The number of carbonyl (C=O) groups excluding carboxylic acids is 2. The highest BCUT2D eigenvalue weighted by Crippen LogP contribution is 2.33. The fourth-order valence-corrected chi connectivity index (χ4v) is 3.79. The van der Waals surface area contributed by atoms with Gasteiger partial charge < -0.3 is 19.5 Å². The molecule has 0 unspecified atom stereocenters. The van der Waals surface area contributed by atoms with E-state index in [2.05, 4.69) is 4.90 Å². The molecule has 164 valence electrons. The van der Waals surface area contributed by atoms with Crippen molar-refractivity contribution in [3.05, 3.63) is 35.5 Å². The second-order valence-corrected chi connectivity index (χ2v) is 7.69. The maximum Gasteiger partial charge on any atom is 0.277 e. The van der Waals surface area contributed by atoms with Crippen LogP contribution in [0.1, 0.15) is 19.4 Å². The highest BCUT2D eigenvalue weighted by atomic mass is 16.5. The second kappa shape index (κ2) is 10.1. The molecule has 2 amide bonds. The van der Waals surface area contributed by atoms with Gasteiger partial charge in [0.2, 0.25) is 0 Å². The molecule has 2 aliphatic heterocycles. The van der Waals surface area contributed by atoms with Crippen LogP contribution in [0.4, 0.5) is 0 Å². The van der Waals surface area contributed by atoms with Crippen LogP contribution in [0.25, 0.3) is 5.57 Å². The zero-order chi connectivity index (χ0) is 21.7. The van der Waals surface area contributed by atoms with Gasteiger partial charge in [-0.05, 0) is 31.5 Å². The van der Waals surface area contributed by atoms with Gasteiger partial charge >= 0.3 is 0 Å². The lowest BCUT2D eigenvalue weighted by molar-refractivity contribution is -0.138. The molecule has 3 rings (SSSR count). The largest absolute Gasteiger partial charge is 0.497 e. The Morgan fingerprint density at radius 2 is 1.67 bits per heavy atom. The number of methoxy groups -OCH3 is 1. The number of carbonyl (C=O) groups is 2. The molecule has 8 nitrogen and oxygen atoms in total. The Morgan fingerprint density at radius 1 is 1.00 bits per heavy atom. The zero-order valence-electron chi connectivity index (χ0n) is 18.0. The summed E-state index contributed by atoms with van der Waals surface area (Å²) in [5, 5.41) is 9.17. The van der Waals surface area contributed by atoms with Gasteiger partial charge in [0.25, 0.3) is 11.8 Å². The van der Waals surface area contributed by atoms with Crippen LogP contribution >= 0.6 is 0 Å². The summed E-state index contributed by atoms with van der Waals surface area (Å²) in [6, 6.07) is 7.22. The minimum absolute atomic E-state index is 0.0332. The summed E-state index contributed by atoms with van der Waals surface area (Å²) in [4.78, 5) is 32.0. The molecule has 1 aromatic rings. The van der Waals surface area contributed by atoms with Crippen molar-refractivity contribution < 1.29 is 24.2 Å². The molecular weight excluding hydrogens is 386 g/mol. The van der Waals surface area contributed by atoms with Gasteiger partial charge in [0, 0.05) is 32.7 Å². The van der Waals surface area contributed by atoms with E-state index in [4.69, 9.17) is 9.47 Å². The number of ether oxygens (including phenoxy) is 2. The Hall–Kier alpha value is -2.42. The third-order valence-corrected chi connectivity index (χ3v) is 5.39. The minimum Gasteiger partial charge on any atom is -0.497 e. The first kappa shape index (κ1) is 22.3. The summed E-state index contributed by atoms with van der Waals surface area (Å²) in [5.41, 5.74) is 1.59. The zero-order valence-corrected chi connectivity index (χ0v) is 18.0. The standard InChI is InChI=1S/C22H31N3O5/c1-16(2)30-15-13-25-21(27)19(17-4-6-18(29-3)7-5-17)20(22(25)28)24-10-8-23(9-11-24)12-14-26/h4-7,16,26H,8-15H2,1-3H3. The van der Waals surface area contributed by atoms with Crippen molar-refractivity contribution in [1.29, 1.82) is 0 Å². The Balaban J connectivity index is 1.88. The quantitative estimate of drug-likeness (QED) is 0.596. The minimum atomic E-state index is -0.287. The number of rotatable bonds is 9. The molecule has 0 radical (unpaired) electrons. The number of imide groups is 1. The number of nitrogens with zero attached hydrogens (tertiary/aromatic N) is 3. The highest BCUT2D eigenvalue weighted by molar-refractivity contribution is 6.35. The number of benzene rings is 1. The van der Waals surface area contributed by atoms with Crippen molar-refractivity contribution in [2.75, 3.05) is 59.6 Å². The van der Waals surface area contributed by atoms with Gasteiger partial charge in [0.1, 0.15) is 11.4 Å². The molecule has 8 heteroatoms. The molecule has 2 aliphatic rings. The van der Waals surface area contributed by atoms with Crippen molar-refractivity contribution >= 4 is 17.4 Å². The number of aliphatic hydroxyl groups is 1. The van der Waals surface area contributed by atoms with Crippen molar-refractivity contribution in [2.45, 2.75) is 20.0 Å². The lowest BCUT2D eigenvalue weighted by Crippen LogP contribution is -2.48. The van der Waals surface area contributed by atoms with E-state index in [0.717, 1.165) is 13.1 Å². The predicted octanol–water partition coefficient (Wildman–Crippen LogP) is 0.810. The number of aliphatic hydroxyl groups excluding tert-OH is 1. The molecule has 0 aromatic heterocycles. The first-order chi connectivity index (χ1) is 14.5. The lowest BCUT2D eigenvalue weighted by Gasteiger charge is -2.36. The smallest absolute Gasteiger partial charge is 0.277 e. The van der Waals surface area contributed by atoms with Gasteiger partial charge in [-0.25, -0.2) is 0 Å². The van der Waals surface area contributed by atoms with Crippen LogP contribution in [-0.2, 0) is 14.3 Å². The first-order valence-electron chi connectivity index (χ1n) is 10.4. The molecule has 2 heterocycles. The molecule has 0 bridgehead atoms. The Kier molecular flexibility index (Phi) is 7.47. The van der Waals surface area contributed by atoms with Crippen molar-refractivity contribution in [3.63, 3.8) is 0 Å². The summed E-state index contributed by atoms with van der Waals surface area (Å²) < 4.78 is 10.8. The van der Waals surface area contributed by atoms with Crippen molar-refractivity contribution in [2.24, 2.45) is 0 Å². The number of amides is 2. The third kappa shape index (κ3) is 4.83. The van der Waals surface area contributed by atoms with E-state index >= 15 is 0 Å². The Morgan fingerprint density at radius 3 is 2.23 bits per heavy atom. The molecule has 1 saturated heterocycles. The summed E-state index contributed by atoms with van der Waals surface area (Å²) in [7, 11) is 1.59. The molecule has 30 heavy (non-hydrogen) atoms. The lowest BCUT2D eigenvalue weighted by atomic mass is 10.0. The van der Waals surface area contributed by atoms with E-state index < -0.39 is 0 Å². The average molecular weight is 418 g/mol. The first-order valence-corrected chi connectivity index (χ1v) is 10.4. The number of hydrogen-bond acceptors (Lipinski definition) is 7. The van der Waals surface area contributed by atoms with Crippen LogP contribution < -0.4 is 4.74 Å². The second-order valence-electron chi connectivity index (χ2n) is 7.69. The SMILES string of the molecule is COc1ccc(C2=C(N3CCN(CCO)CC3)C(=O)N(CCOC(C)C)C2=O)cc1. The number of β-amino-alcohol motifs (C(OH)–C–C–N with tert-alkyl or cyclic N) is 1. The number of hydrogen-bond donors (Lipinski definition) is 1.